The molecule has 2 aromatic rings. The molecule has 2 aromatic carbocycles. The Labute approximate surface area is 128 Å². The van der Waals surface area contributed by atoms with Crippen LogP contribution in [0.3, 0.4) is 0 Å². The second kappa shape index (κ2) is 6.77. The third kappa shape index (κ3) is 3.74. The van der Waals surface area contributed by atoms with Crippen LogP contribution in [0.1, 0.15) is 11.1 Å². The minimum absolute atomic E-state index is 0.782. The van der Waals surface area contributed by atoms with E-state index in [2.05, 4.69) is 40.0 Å². The standard InChI is InChI=1S/C16H19BrN2O/c1-19(10-12-5-3-4-6-15(12)17)11-13-9-14(20-2)7-8-16(13)18/h3-9H,10-11,18H2,1-2H3. The van der Waals surface area contributed by atoms with E-state index in [0.29, 0.717) is 0 Å². The van der Waals surface area contributed by atoms with Crippen molar-refractivity contribution in [1.29, 1.82) is 0 Å². The summed E-state index contributed by atoms with van der Waals surface area (Å²) in [4.78, 5) is 2.23. The summed E-state index contributed by atoms with van der Waals surface area (Å²) in [5.74, 6) is 0.837. The van der Waals surface area contributed by atoms with E-state index in [1.807, 2.05) is 30.3 Å². The van der Waals surface area contributed by atoms with Gasteiger partial charge in [0.25, 0.3) is 0 Å². The Morgan fingerprint density at radius 2 is 1.80 bits per heavy atom. The Balaban J connectivity index is 2.08. The van der Waals surface area contributed by atoms with Gasteiger partial charge in [-0.1, -0.05) is 34.1 Å². The van der Waals surface area contributed by atoms with Crippen molar-refractivity contribution in [2.24, 2.45) is 0 Å². The van der Waals surface area contributed by atoms with Crippen molar-refractivity contribution in [2.75, 3.05) is 19.9 Å². The van der Waals surface area contributed by atoms with Crippen LogP contribution < -0.4 is 10.5 Å². The number of nitrogens with zero attached hydrogens (tertiary/aromatic N) is 1. The molecule has 0 radical (unpaired) electrons. The molecule has 0 unspecified atom stereocenters. The lowest BCUT2D eigenvalue weighted by Crippen LogP contribution is -2.18. The topological polar surface area (TPSA) is 38.5 Å². The van der Waals surface area contributed by atoms with Gasteiger partial charge in [0.05, 0.1) is 7.11 Å². The SMILES string of the molecule is COc1ccc(N)c(CN(C)Cc2ccccc2Br)c1. The predicted octanol–water partition coefficient (Wildman–Crippen LogP) is 3.67. The van der Waals surface area contributed by atoms with Crippen molar-refractivity contribution in [3.63, 3.8) is 0 Å². The smallest absolute Gasteiger partial charge is 0.119 e. The number of hydrogen-bond donors (Lipinski definition) is 1. The monoisotopic (exact) mass is 334 g/mol. The Morgan fingerprint density at radius 1 is 1.10 bits per heavy atom. The third-order valence-corrected chi connectivity index (χ3v) is 3.96. The van der Waals surface area contributed by atoms with Crippen molar-refractivity contribution < 1.29 is 4.74 Å². The zero-order chi connectivity index (χ0) is 14.5. The van der Waals surface area contributed by atoms with Crippen molar-refractivity contribution in [3.8, 4) is 5.75 Å². The van der Waals surface area contributed by atoms with E-state index in [-0.39, 0.29) is 0 Å². The first kappa shape index (κ1) is 14.9. The predicted molar refractivity (Wildman–Crippen MR) is 86.7 cm³/mol. The highest BCUT2D eigenvalue weighted by Gasteiger charge is 2.07. The molecule has 2 rings (SSSR count). The number of halogens is 1. The summed E-state index contributed by atoms with van der Waals surface area (Å²) in [6, 6.07) is 14.0. The van der Waals surface area contributed by atoms with Crippen molar-refractivity contribution in [2.45, 2.75) is 13.1 Å². The maximum Gasteiger partial charge on any atom is 0.119 e. The Morgan fingerprint density at radius 3 is 2.50 bits per heavy atom. The zero-order valence-corrected chi connectivity index (χ0v) is 13.4. The molecule has 0 atom stereocenters. The number of methoxy groups -OCH3 is 1. The van der Waals surface area contributed by atoms with Crippen molar-refractivity contribution >= 4 is 21.6 Å². The minimum Gasteiger partial charge on any atom is -0.497 e. The molecule has 0 aliphatic heterocycles. The molecule has 0 amide bonds. The molecule has 0 saturated heterocycles. The molecule has 3 nitrogen and oxygen atoms in total. The molecule has 0 aliphatic carbocycles. The Hall–Kier alpha value is -1.52. The summed E-state index contributed by atoms with van der Waals surface area (Å²) in [5.41, 5.74) is 9.16. The summed E-state index contributed by atoms with van der Waals surface area (Å²) < 4.78 is 6.38. The molecule has 20 heavy (non-hydrogen) atoms. The first-order chi connectivity index (χ1) is 9.60. The highest BCUT2D eigenvalue weighted by atomic mass is 79.9. The van der Waals surface area contributed by atoms with E-state index < -0.39 is 0 Å². The van der Waals surface area contributed by atoms with Gasteiger partial charge in [-0.3, -0.25) is 4.90 Å². The van der Waals surface area contributed by atoms with E-state index in [4.69, 9.17) is 10.5 Å². The van der Waals surface area contributed by atoms with Crippen molar-refractivity contribution in [1.82, 2.24) is 4.90 Å². The van der Waals surface area contributed by atoms with E-state index in [1.165, 1.54) is 5.56 Å². The van der Waals surface area contributed by atoms with E-state index >= 15 is 0 Å². The molecule has 2 N–H and O–H groups in total. The molecule has 0 aliphatic rings. The number of nitrogen functional groups attached to an aromatic ring is 1. The summed E-state index contributed by atoms with van der Waals surface area (Å²) in [5, 5.41) is 0. The van der Waals surface area contributed by atoms with E-state index in [0.717, 1.165) is 34.6 Å². The van der Waals surface area contributed by atoms with E-state index in [9.17, 15) is 0 Å². The lowest BCUT2D eigenvalue weighted by atomic mass is 10.1. The molecule has 106 valence electrons. The average molecular weight is 335 g/mol. The fourth-order valence-electron chi connectivity index (χ4n) is 2.11. The maximum absolute atomic E-state index is 6.02. The summed E-state index contributed by atoms with van der Waals surface area (Å²) in [7, 11) is 3.75. The molecule has 0 fully saturated rings. The quantitative estimate of drug-likeness (QED) is 0.848. The third-order valence-electron chi connectivity index (χ3n) is 3.19. The van der Waals surface area contributed by atoms with Gasteiger partial charge in [0.15, 0.2) is 0 Å². The largest absolute Gasteiger partial charge is 0.497 e. The molecule has 4 heteroatoms. The van der Waals surface area contributed by atoms with E-state index in [1.54, 1.807) is 7.11 Å². The molecular weight excluding hydrogens is 316 g/mol. The highest BCUT2D eigenvalue weighted by Crippen LogP contribution is 2.22. The van der Waals surface area contributed by atoms with Crippen LogP contribution in [0, 0.1) is 0 Å². The van der Waals surface area contributed by atoms with Crippen LogP contribution in [0.25, 0.3) is 0 Å². The van der Waals surface area contributed by atoms with Crippen LogP contribution >= 0.6 is 15.9 Å². The fourth-order valence-corrected chi connectivity index (χ4v) is 2.52. The van der Waals surface area contributed by atoms with Gasteiger partial charge in [0.1, 0.15) is 5.75 Å². The van der Waals surface area contributed by atoms with Gasteiger partial charge < -0.3 is 10.5 Å². The summed E-state index contributed by atoms with van der Waals surface area (Å²) in [6.45, 7) is 1.64. The van der Waals surface area contributed by atoms with Crippen molar-refractivity contribution in [3.05, 3.63) is 58.1 Å². The van der Waals surface area contributed by atoms with Gasteiger partial charge >= 0.3 is 0 Å². The first-order valence-electron chi connectivity index (χ1n) is 6.44. The molecular formula is C16H19BrN2O. The second-order valence-electron chi connectivity index (χ2n) is 4.83. The fraction of sp³-hybridized carbons (Fsp3) is 0.250. The van der Waals surface area contributed by atoms with Crippen LogP contribution in [0.5, 0.6) is 5.75 Å². The van der Waals surface area contributed by atoms with Gasteiger partial charge in [-0.25, -0.2) is 0 Å². The van der Waals surface area contributed by atoms with Gasteiger partial charge in [-0.15, -0.1) is 0 Å². The van der Waals surface area contributed by atoms with Crippen LogP contribution in [0.2, 0.25) is 0 Å². The second-order valence-corrected chi connectivity index (χ2v) is 5.68. The average Bonchev–Trinajstić information content (AvgIpc) is 2.44. The molecule has 0 heterocycles. The minimum atomic E-state index is 0.782. The molecule has 0 saturated carbocycles. The number of ether oxygens (including phenoxy) is 1. The Kier molecular flexibility index (Phi) is 5.04. The van der Waals surface area contributed by atoms with Crippen LogP contribution in [0.4, 0.5) is 5.69 Å². The number of anilines is 1. The maximum atomic E-state index is 6.02. The van der Waals surface area contributed by atoms with Crippen LogP contribution in [0.15, 0.2) is 46.9 Å². The van der Waals surface area contributed by atoms with Gasteiger partial charge in [-0.05, 0) is 42.4 Å². The van der Waals surface area contributed by atoms with Gasteiger partial charge in [-0.2, -0.15) is 0 Å². The summed E-state index contributed by atoms with van der Waals surface area (Å²) >= 11 is 3.58. The number of rotatable bonds is 5. The molecule has 0 spiro atoms. The first-order valence-corrected chi connectivity index (χ1v) is 7.24. The number of hydrogen-bond acceptors (Lipinski definition) is 3. The Bertz CT molecular complexity index is 586. The van der Waals surface area contributed by atoms with Crippen LogP contribution in [-0.4, -0.2) is 19.1 Å². The molecule has 0 aromatic heterocycles. The number of benzene rings is 2. The number of nitrogens with two attached hydrogens (primary N) is 1. The molecule has 0 bridgehead atoms. The lowest BCUT2D eigenvalue weighted by molar-refractivity contribution is 0.318. The summed E-state index contributed by atoms with van der Waals surface area (Å²) in [6.07, 6.45) is 0. The zero-order valence-electron chi connectivity index (χ0n) is 11.8. The van der Waals surface area contributed by atoms with Gasteiger partial charge in [0.2, 0.25) is 0 Å². The normalized spacial score (nSPS) is 10.8. The lowest BCUT2D eigenvalue weighted by Gasteiger charge is -2.19. The highest BCUT2D eigenvalue weighted by molar-refractivity contribution is 9.10. The van der Waals surface area contributed by atoms with Gasteiger partial charge in [0, 0.05) is 23.2 Å². The van der Waals surface area contributed by atoms with Crippen LogP contribution in [-0.2, 0) is 13.1 Å².